The van der Waals surface area contributed by atoms with Gasteiger partial charge in [0.25, 0.3) is 12.3 Å². The van der Waals surface area contributed by atoms with Crippen LogP contribution in [0, 0.1) is 0 Å². The van der Waals surface area contributed by atoms with E-state index in [0.29, 0.717) is 0 Å². The standard InChI is InChI=1S/C19H15F2N3O5/c1-28-18(26)10-3-5-11(19(27)29-2)13(8-10)24-17(25)9-4-6-12-14(7-9)23-16(22-12)15(20)21/h3-8,15H,1-2H3,(H,22,23)(H,24,25). The number of nitrogens with one attached hydrogen (secondary N) is 2. The van der Waals surface area contributed by atoms with Crippen LogP contribution in [-0.2, 0) is 9.47 Å². The number of alkyl halides is 2. The Labute approximate surface area is 162 Å². The molecular formula is C19H15F2N3O5. The first-order valence-electron chi connectivity index (χ1n) is 8.24. The van der Waals surface area contributed by atoms with Gasteiger partial charge in [0.05, 0.1) is 42.1 Å². The van der Waals surface area contributed by atoms with E-state index in [0.717, 1.165) is 0 Å². The number of benzene rings is 2. The van der Waals surface area contributed by atoms with Gasteiger partial charge in [-0.2, -0.15) is 0 Å². The molecule has 0 aliphatic rings. The zero-order chi connectivity index (χ0) is 21.1. The third-order valence-corrected chi connectivity index (χ3v) is 4.06. The molecule has 0 saturated carbocycles. The van der Waals surface area contributed by atoms with Crippen LogP contribution in [0.5, 0.6) is 0 Å². The average Bonchev–Trinajstić information content (AvgIpc) is 3.16. The molecule has 2 aromatic carbocycles. The van der Waals surface area contributed by atoms with Crippen LogP contribution >= 0.6 is 0 Å². The number of ether oxygens (including phenoxy) is 2. The van der Waals surface area contributed by atoms with E-state index in [4.69, 9.17) is 0 Å². The van der Waals surface area contributed by atoms with Crippen molar-refractivity contribution in [2.45, 2.75) is 6.43 Å². The van der Waals surface area contributed by atoms with E-state index in [2.05, 4.69) is 24.8 Å². The number of methoxy groups -OCH3 is 2. The fourth-order valence-electron chi connectivity index (χ4n) is 2.65. The van der Waals surface area contributed by atoms with Gasteiger partial charge in [0.15, 0.2) is 5.82 Å². The Kier molecular flexibility index (Phi) is 5.53. The summed E-state index contributed by atoms with van der Waals surface area (Å²) >= 11 is 0. The van der Waals surface area contributed by atoms with Crippen molar-refractivity contribution in [2.24, 2.45) is 0 Å². The second kappa shape index (κ2) is 8.05. The average molecular weight is 403 g/mol. The number of carbonyl (C=O) groups excluding carboxylic acids is 3. The van der Waals surface area contributed by atoms with E-state index >= 15 is 0 Å². The molecular weight excluding hydrogens is 388 g/mol. The summed E-state index contributed by atoms with van der Waals surface area (Å²) in [6.07, 6.45) is -2.77. The van der Waals surface area contributed by atoms with Crippen molar-refractivity contribution >= 4 is 34.6 Å². The van der Waals surface area contributed by atoms with Crippen molar-refractivity contribution < 1.29 is 32.6 Å². The van der Waals surface area contributed by atoms with Crippen LogP contribution in [0.15, 0.2) is 36.4 Å². The number of H-pyrrole nitrogens is 1. The highest BCUT2D eigenvalue weighted by molar-refractivity contribution is 6.10. The molecule has 1 heterocycles. The minimum absolute atomic E-state index is 0.0242. The van der Waals surface area contributed by atoms with E-state index in [9.17, 15) is 23.2 Å². The van der Waals surface area contributed by atoms with Gasteiger partial charge in [-0.3, -0.25) is 4.79 Å². The molecule has 0 bridgehead atoms. The summed E-state index contributed by atoms with van der Waals surface area (Å²) in [5.74, 6) is -2.51. The van der Waals surface area contributed by atoms with Crippen LogP contribution < -0.4 is 5.32 Å². The molecule has 0 spiro atoms. The van der Waals surface area contributed by atoms with Gasteiger partial charge in [0.2, 0.25) is 0 Å². The van der Waals surface area contributed by atoms with Crippen LogP contribution in [0.3, 0.4) is 0 Å². The molecule has 3 aromatic rings. The number of esters is 2. The minimum atomic E-state index is -2.77. The van der Waals surface area contributed by atoms with E-state index in [1.165, 1.54) is 50.6 Å². The maximum absolute atomic E-state index is 12.8. The normalized spacial score (nSPS) is 10.8. The number of anilines is 1. The fraction of sp³-hybridized carbons (Fsp3) is 0.158. The fourth-order valence-corrected chi connectivity index (χ4v) is 2.65. The molecule has 2 N–H and O–H groups in total. The maximum atomic E-state index is 12.8. The summed E-state index contributed by atoms with van der Waals surface area (Å²) in [6, 6.07) is 8.12. The first-order chi connectivity index (χ1) is 13.8. The number of fused-ring (bicyclic) bond motifs is 1. The van der Waals surface area contributed by atoms with Crippen LogP contribution in [0.2, 0.25) is 0 Å². The minimum Gasteiger partial charge on any atom is -0.465 e. The maximum Gasteiger partial charge on any atom is 0.339 e. The molecule has 0 fully saturated rings. The molecule has 1 amide bonds. The largest absolute Gasteiger partial charge is 0.465 e. The van der Waals surface area contributed by atoms with Crippen LogP contribution in [-0.4, -0.2) is 42.0 Å². The molecule has 0 aliphatic heterocycles. The number of aromatic amines is 1. The lowest BCUT2D eigenvalue weighted by Gasteiger charge is -2.11. The topological polar surface area (TPSA) is 110 Å². The first kappa shape index (κ1) is 19.9. The van der Waals surface area contributed by atoms with Crippen molar-refractivity contribution in [3.63, 3.8) is 0 Å². The van der Waals surface area contributed by atoms with Gasteiger partial charge in [0.1, 0.15) is 0 Å². The van der Waals surface area contributed by atoms with Crippen molar-refractivity contribution in [3.8, 4) is 0 Å². The number of aromatic nitrogens is 2. The van der Waals surface area contributed by atoms with Crippen LogP contribution in [0.4, 0.5) is 14.5 Å². The molecule has 0 aliphatic carbocycles. The Hall–Kier alpha value is -3.82. The zero-order valence-corrected chi connectivity index (χ0v) is 15.3. The molecule has 8 nitrogen and oxygen atoms in total. The van der Waals surface area contributed by atoms with Gasteiger partial charge in [-0.05, 0) is 36.4 Å². The summed E-state index contributed by atoms with van der Waals surface area (Å²) < 4.78 is 34.9. The Morgan fingerprint density at radius 2 is 1.69 bits per heavy atom. The van der Waals surface area contributed by atoms with E-state index in [1.54, 1.807) is 0 Å². The highest BCUT2D eigenvalue weighted by Crippen LogP contribution is 2.23. The lowest BCUT2D eigenvalue weighted by Crippen LogP contribution is -2.16. The van der Waals surface area contributed by atoms with Crippen molar-refractivity contribution in [2.75, 3.05) is 19.5 Å². The number of nitrogens with zero attached hydrogens (tertiary/aromatic N) is 1. The molecule has 29 heavy (non-hydrogen) atoms. The van der Waals surface area contributed by atoms with Gasteiger partial charge in [-0.15, -0.1) is 0 Å². The van der Waals surface area contributed by atoms with E-state index in [1.807, 2.05) is 0 Å². The molecule has 0 radical (unpaired) electrons. The van der Waals surface area contributed by atoms with Crippen LogP contribution in [0.25, 0.3) is 11.0 Å². The van der Waals surface area contributed by atoms with Gasteiger partial charge in [-0.1, -0.05) is 0 Å². The van der Waals surface area contributed by atoms with Gasteiger partial charge >= 0.3 is 11.9 Å². The Bertz CT molecular complexity index is 1110. The second-order valence-corrected chi connectivity index (χ2v) is 5.85. The number of halogens is 2. The number of rotatable bonds is 5. The molecule has 0 saturated heterocycles. The Balaban J connectivity index is 1.95. The highest BCUT2D eigenvalue weighted by atomic mass is 19.3. The highest BCUT2D eigenvalue weighted by Gasteiger charge is 2.19. The summed E-state index contributed by atoms with van der Waals surface area (Å²) in [7, 11) is 2.37. The number of imidazole rings is 1. The zero-order valence-electron chi connectivity index (χ0n) is 15.3. The number of hydrogen-bond donors (Lipinski definition) is 2. The number of amides is 1. The second-order valence-electron chi connectivity index (χ2n) is 5.85. The Morgan fingerprint density at radius 1 is 1.00 bits per heavy atom. The molecule has 150 valence electrons. The van der Waals surface area contributed by atoms with Crippen LogP contribution in [0.1, 0.15) is 43.3 Å². The lowest BCUT2D eigenvalue weighted by molar-refractivity contribution is 0.0587. The SMILES string of the molecule is COC(=O)c1ccc(C(=O)OC)c(NC(=O)c2ccc3nc(C(F)F)[nH]c3c2)c1. The van der Waals surface area contributed by atoms with Gasteiger partial charge in [0, 0.05) is 5.56 Å². The molecule has 0 unspecified atom stereocenters. The summed E-state index contributed by atoms with van der Waals surface area (Å²) in [4.78, 5) is 42.6. The quantitative estimate of drug-likeness (QED) is 0.633. The molecule has 1 aromatic heterocycles. The van der Waals surface area contributed by atoms with E-state index in [-0.39, 0.29) is 33.4 Å². The number of carbonyl (C=O) groups is 3. The first-order valence-corrected chi connectivity index (χ1v) is 8.24. The smallest absolute Gasteiger partial charge is 0.339 e. The monoisotopic (exact) mass is 403 g/mol. The summed E-state index contributed by atoms with van der Waals surface area (Å²) in [5.41, 5.74) is 0.824. The predicted octanol–water partition coefficient (Wildman–Crippen LogP) is 3.33. The third kappa shape index (κ3) is 4.05. The lowest BCUT2D eigenvalue weighted by atomic mass is 10.1. The predicted molar refractivity (Wildman–Crippen MR) is 98.1 cm³/mol. The van der Waals surface area contributed by atoms with Gasteiger partial charge < -0.3 is 19.8 Å². The van der Waals surface area contributed by atoms with E-state index < -0.39 is 30.1 Å². The molecule has 0 atom stereocenters. The number of hydrogen-bond acceptors (Lipinski definition) is 6. The van der Waals surface area contributed by atoms with Crippen molar-refractivity contribution in [1.29, 1.82) is 0 Å². The summed E-state index contributed by atoms with van der Waals surface area (Å²) in [5, 5.41) is 2.53. The van der Waals surface area contributed by atoms with Crippen molar-refractivity contribution in [3.05, 3.63) is 58.9 Å². The molecule has 10 heteroatoms. The molecule has 3 rings (SSSR count). The Morgan fingerprint density at radius 3 is 2.34 bits per heavy atom. The third-order valence-electron chi connectivity index (χ3n) is 4.06. The van der Waals surface area contributed by atoms with Gasteiger partial charge in [-0.25, -0.2) is 23.4 Å². The summed E-state index contributed by atoms with van der Waals surface area (Å²) in [6.45, 7) is 0. The van der Waals surface area contributed by atoms with Crippen molar-refractivity contribution in [1.82, 2.24) is 9.97 Å².